The summed E-state index contributed by atoms with van der Waals surface area (Å²) in [6.07, 6.45) is 0.951. The molecule has 2 nitrogen and oxygen atoms in total. The molecule has 0 amide bonds. The first-order chi connectivity index (χ1) is 9.07. The van der Waals surface area contributed by atoms with Crippen LogP contribution in [0.2, 0.25) is 0 Å². The van der Waals surface area contributed by atoms with Gasteiger partial charge in [-0.05, 0) is 44.7 Å². The predicted molar refractivity (Wildman–Crippen MR) is 87.0 cm³/mol. The van der Waals surface area contributed by atoms with E-state index < -0.39 is 0 Å². The average molecular weight is 289 g/mol. The molecule has 0 N–H and O–H groups in total. The average Bonchev–Trinajstić information content (AvgIpc) is 2.52. The van der Waals surface area contributed by atoms with Crippen LogP contribution in [0.4, 0.5) is 0 Å². The second-order valence-electron chi connectivity index (χ2n) is 7.40. The smallest absolute Gasteiger partial charge is 0.218 e. The number of ketones is 1. The van der Waals surface area contributed by atoms with Crippen molar-refractivity contribution in [1.29, 1.82) is 0 Å². The summed E-state index contributed by atoms with van der Waals surface area (Å²) in [5.74, 6) is 0.0793. The zero-order chi connectivity index (χ0) is 15.1. The lowest BCUT2D eigenvalue weighted by Crippen LogP contribution is -2.26. The molecule has 108 valence electrons. The van der Waals surface area contributed by atoms with Gasteiger partial charge in [-0.2, -0.15) is 0 Å². The quantitative estimate of drug-likeness (QED) is 0.775. The third-order valence-corrected chi connectivity index (χ3v) is 4.19. The maximum Gasteiger partial charge on any atom is 0.218 e. The summed E-state index contributed by atoms with van der Waals surface area (Å²) in [6, 6.07) is 6.03. The molecule has 1 heterocycles. The largest absolute Gasteiger partial charge is 0.286 e. The predicted octanol–water partition coefficient (Wildman–Crippen LogP) is 4.90. The van der Waals surface area contributed by atoms with Crippen molar-refractivity contribution in [2.24, 2.45) is 10.4 Å². The highest BCUT2D eigenvalue weighted by molar-refractivity contribution is 8.16. The second kappa shape index (κ2) is 5.03. The van der Waals surface area contributed by atoms with Crippen LogP contribution >= 0.6 is 11.8 Å². The molecule has 1 aromatic carbocycles. The number of carbonyl (C=O) groups is 1. The van der Waals surface area contributed by atoms with E-state index in [0.29, 0.717) is 5.04 Å². The van der Waals surface area contributed by atoms with Gasteiger partial charge in [0.25, 0.3) is 0 Å². The van der Waals surface area contributed by atoms with E-state index >= 15 is 0 Å². The van der Waals surface area contributed by atoms with Gasteiger partial charge in [0.1, 0.15) is 5.04 Å². The number of benzene rings is 1. The van der Waals surface area contributed by atoms with Crippen LogP contribution in [0, 0.1) is 12.3 Å². The Morgan fingerprint density at radius 1 is 1.15 bits per heavy atom. The minimum atomic E-state index is -0.215. The van der Waals surface area contributed by atoms with Gasteiger partial charge in [0.05, 0.1) is 5.54 Å². The molecule has 20 heavy (non-hydrogen) atoms. The van der Waals surface area contributed by atoms with Crippen molar-refractivity contribution in [1.82, 2.24) is 0 Å². The van der Waals surface area contributed by atoms with Crippen LogP contribution in [-0.4, -0.2) is 16.4 Å². The molecule has 3 heteroatoms. The third kappa shape index (κ3) is 3.51. The monoisotopic (exact) mass is 289 g/mol. The number of hydrogen-bond donors (Lipinski definition) is 0. The van der Waals surface area contributed by atoms with E-state index in [-0.39, 0.29) is 16.7 Å². The fourth-order valence-electron chi connectivity index (χ4n) is 2.86. The molecular weight excluding hydrogens is 266 g/mol. The van der Waals surface area contributed by atoms with Crippen molar-refractivity contribution in [3.63, 3.8) is 0 Å². The highest BCUT2D eigenvalue weighted by Crippen LogP contribution is 2.37. The molecule has 0 unspecified atom stereocenters. The van der Waals surface area contributed by atoms with E-state index in [1.165, 1.54) is 11.8 Å². The molecule has 0 saturated heterocycles. The van der Waals surface area contributed by atoms with Gasteiger partial charge in [0.15, 0.2) is 0 Å². The zero-order valence-corrected chi connectivity index (χ0v) is 14.0. The molecule has 2 rings (SSSR count). The molecule has 1 aliphatic rings. The molecule has 0 aromatic heterocycles. The fourth-order valence-corrected chi connectivity index (χ4v) is 3.96. The Morgan fingerprint density at radius 2 is 1.80 bits per heavy atom. The summed E-state index contributed by atoms with van der Waals surface area (Å²) in [5, 5.41) is 0.639. The van der Waals surface area contributed by atoms with Crippen LogP contribution in [-0.2, 0) is 0 Å². The van der Waals surface area contributed by atoms with Crippen molar-refractivity contribution < 1.29 is 4.79 Å². The minimum Gasteiger partial charge on any atom is -0.286 e. The first-order valence-electron chi connectivity index (χ1n) is 7.00. The lowest BCUT2D eigenvalue weighted by molar-refractivity contribution is 0.106. The maximum atomic E-state index is 12.4. The Kier molecular flexibility index (Phi) is 3.85. The molecule has 0 fully saturated rings. The molecule has 0 atom stereocenters. The molecule has 0 bridgehead atoms. The SMILES string of the molecule is Cc1ccc2c(c1)C(=O)C(=NC(C)(C)CC(C)(C)C)S2. The van der Waals surface area contributed by atoms with Crippen LogP contribution in [0.3, 0.4) is 0 Å². The number of nitrogens with zero attached hydrogens (tertiary/aromatic N) is 1. The standard InChI is InChI=1S/C17H23NOS/c1-11-7-8-13-12(9-11)14(19)15(20-13)18-17(5,6)10-16(2,3)4/h7-9H,10H2,1-6H3. The first kappa shape index (κ1) is 15.3. The Hall–Kier alpha value is -1.09. The van der Waals surface area contributed by atoms with E-state index in [1.54, 1.807) is 0 Å². The Morgan fingerprint density at radius 3 is 2.40 bits per heavy atom. The van der Waals surface area contributed by atoms with Crippen LogP contribution < -0.4 is 0 Å². The topological polar surface area (TPSA) is 29.4 Å². The number of fused-ring (bicyclic) bond motifs is 1. The Labute approximate surface area is 126 Å². The van der Waals surface area contributed by atoms with E-state index in [2.05, 4.69) is 34.6 Å². The van der Waals surface area contributed by atoms with Crippen molar-refractivity contribution >= 4 is 22.6 Å². The normalized spacial score (nSPS) is 17.7. The molecule has 0 aliphatic carbocycles. The first-order valence-corrected chi connectivity index (χ1v) is 7.82. The number of rotatable bonds is 2. The van der Waals surface area contributed by atoms with E-state index in [0.717, 1.165) is 22.4 Å². The summed E-state index contributed by atoms with van der Waals surface area (Å²) in [6.45, 7) is 12.8. The third-order valence-electron chi connectivity index (χ3n) is 3.15. The van der Waals surface area contributed by atoms with Crippen LogP contribution in [0.25, 0.3) is 0 Å². The maximum absolute atomic E-state index is 12.4. The lowest BCUT2D eigenvalue weighted by atomic mass is 9.82. The van der Waals surface area contributed by atoms with Gasteiger partial charge in [0, 0.05) is 10.5 Å². The summed E-state index contributed by atoms with van der Waals surface area (Å²) < 4.78 is 0. The van der Waals surface area contributed by atoms with E-state index in [4.69, 9.17) is 4.99 Å². The van der Waals surface area contributed by atoms with Gasteiger partial charge < -0.3 is 0 Å². The molecule has 0 radical (unpaired) electrons. The Balaban J connectivity index is 2.28. The number of aliphatic imine (C=N–C) groups is 1. The number of Topliss-reactive ketones (excluding diaryl/α,β-unsaturated/α-hetero) is 1. The second-order valence-corrected chi connectivity index (χ2v) is 8.43. The Bertz CT molecular complexity index is 579. The number of carbonyl (C=O) groups excluding carboxylic acids is 1. The van der Waals surface area contributed by atoms with Gasteiger partial charge in [-0.1, -0.05) is 44.2 Å². The van der Waals surface area contributed by atoms with Crippen molar-refractivity contribution in [3.8, 4) is 0 Å². The summed E-state index contributed by atoms with van der Waals surface area (Å²) in [4.78, 5) is 18.2. The van der Waals surface area contributed by atoms with Gasteiger partial charge in [-0.15, -0.1) is 0 Å². The fraction of sp³-hybridized carbons (Fsp3) is 0.529. The highest BCUT2D eigenvalue weighted by Gasteiger charge is 2.31. The van der Waals surface area contributed by atoms with Crippen molar-refractivity contribution in [2.45, 2.75) is 58.4 Å². The lowest BCUT2D eigenvalue weighted by Gasteiger charge is -2.29. The van der Waals surface area contributed by atoms with Crippen molar-refractivity contribution in [3.05, 3.63) is 29.3 Å². The summed E-state index contributed by atoms with van der Waals surface area (Å²) in [5.41, 5.74) is 1.91. The number of thioether (sulfide) groups is 1. The van der Waals surface area contributed by atoms with E-state index in [1.807, 2.05) is 25.1 Å². The molecular formula is C17H23NOS. The zero-order valence-electron chi connectivity index (χ0n) is 13.2. The summed E-state index contributed by atoms with van der Waals surface area (Å²) in [7, 11) is 0. The highest BCUT2D eigenvalue weighted by atomic mass is 32.2. The number of aryl methyl sites for hydroxylation is 1. The molecule has 1 aliphatic heterocycles. The van der Waals surface area contributed by atoms with Gasteiger partial charge in [-0.3, -0.25) is 9.79 Å². The number of hydrogen-bond acceptors (Lipinski definition) is 3. The van der Waals surface area contributed by atoms with Crippen LogP contribution in [0.1, 0.15) is 57.0 Å². The van der Waals surface area contributed by atoms with Gasteiger partial charge >= 0.3 is 0 Å². The van der Waals surface area contributed by atoms with Gasteiger partial charge in [-0.25, -0.2) is 0 Å². The molecule has 1 aromatic rings. The minimum absolute atomic E-state index is 0.0793. The van der Waals surface area contributed by atoms with Crippen LogP contribution in [0.15, 0.2) is 28.1 Å². The summed E-state index contributed by atoms with van der Waals surface area (Å²) >= 11 is 1.51. The van der Waals surface area contributed by atoms with Crippen molar-refractivity contribution in [2.75, 3.05) is 0 Å². The molecule has 0 spiro atoms. The molecule has 0 saturated carbocycles. The van der Waals surface area contributed by atoms with Crippen LogP contribution in [0.5, 0.6) is 0 Å². The van der Waals surface area contributed by atoms with E-state index in [9.17, 15) is 4.79 Å². The van der Waals surface area contributed by atoms with Gasteiger partial charge in [0.2, 0.25) is 5.78 Å².